The van der Waals surface area contributed by atoms with E-state index in [0.717, 1.165) is 17.5 Å². The summed E-state index contributed by atoms with van der Waals surface area (Å²) in [5.41, 5.74) is 1.82. The lowest BCUT2D eigenvalue weighted by molar-refractivity contribution is -0.142. The van der Waals surface area contributed by atoms with Gasteiger partial charge in [-0.1, -0.05) is 84.7 Å². The predicted molar refractivity (Wildman–Crippen MR) is 136 cm³/mol. The number of amides is 2. The number of nitrogens with zero attached hydrogens (tertiary/aromatic N) is 1. The number of halogens is 2. The van der Waals surface area contributed by atoms with E-state index in [9.17, 15) is 9.59 Å². The molecular weight excluding hydrogens is 471 g/mol. The number of nitrogens with one attached hydrogen (secondary N) is 1. The van der Waals surface area contributed by atoms with Gasteiger partial charge in [-0.25, -0.2) is 0 Å². The van der Waals surface area contributed by atoms with Crippen molar-refractivity contribution in [1.82, 2.24) is 10.2 Å². The minimum Gasteiger partial charge on any atom is -0.482 e. The maximum Gasteiger partial charge on any atom is 0.261 e. The van der Waals surface area contributed by atoms with E-state index in [1.807, 2.05) is 49.4 Å². The zero-order valence-corrected chi connectivity index (χ0v) is 20.6. The van der Waals surface area contributed by atoms with Crippen LogP contribution in [0, 0.1) is 0 Å². The molecule has 0 saturated heterocycles. The topological polar surface area (TPSA) is 58.6 Å². The smallest absolute Gasteiger partial charge is 0.261 e. The molecular formula is C27H28Cl2N2O3. The Kier molecular flexibility index (Phi) is 9.80. The van der Waals surface area contributed by atoms with E-state index in [-0.39, 0.29) is 25.0 Å². The number of carbonyl (C=O) groups is 2. The summed E-state index contributed by atoms with van der Waals surface area (Å²) in [6.45, 7) is 2.51. The standard InChI is InChI=1S/C27H28Cl2N2O3/c1-2-16-30-27(33)24(17-20-8-4-3-5-9-20)31(18-21-12-14-22(28)15-13-21)26(32)19-34-25-11-7-6-10-23(25)29/h3-15,24H,2,16-19H2,1H3,(H,30,33)/t24-/m0/s1. The van der Waals surface area contributed by atoms with Gasteiger partial charge >= 0.3 is 0 Å². The van der Waals surface area contributed by atoms with E-state index in [1.54, 1.807) is 41.3 Å². The molecule has 34 heavy (non-hydrogen) atoms. The molecule has 0 aliphatic carbocycles. The van der Waals surface area contributed by atoms with E-state index in [2.05, 4.69) is 5.32 Å². The van der Waals surface area contributed by atoms with Crippen LogP contribution in [0.5, 0.6) is 5.75 Å². The highest BCUT2D eigenvalue weighted by atomic mass is 35.5. The van der Waals surface area contributed by atoms with Gasteiger partial charge in [0.1, 0.15) is 11.8 Å². The molecule has 0 unspecified atom stereocenters. The summed E-state index contributed by atoms with van der Waals surface area (Å²) in [4.78, 5) is 28.3. The zero-order valence-electron chi connectivity index (χ0n) is 19.0. The first kappa shape index (κ1) is 25.6. The third kappa shape index (κ3) is 7.51. The molecule has 3 aromatic rings. The maximum absolute atomic E-state index is 13.5. The van der Waals surface area contributed by atoms with Gasteiger partial charge in [-0.05, 0) is 41.8 Å². The summed E-state index contributed by atoms with van der Waals surface area (Å²) >= 11 is 12.2. The molecule has 3 aromatic carbocycles. The number of para-hydroxylation sites is 1. The van der Waals surface area contributed by atoms with Crippen molar-refractivity contribution in [3.63, 3.8) is 0 Å². The molecule has 0 aliphatic rings. The summed E-state index contributed by atoms with van der Waals surface area (Å²) in [5, 5.41) is 3.97. The third-order valence-corrected chi connectivity index (χ3v) is 5.84. The van der Waals surface area contributed by atoms with Gasteiger partial charge in [0.15, 0.2) is 6.61 Å². The Labute approximate surface area is 210 Å². The summed E-state index contributed by atoms with van der Waals surface area (Å²) in [5.74, 6) is -0.104. The molecule has 2 amide bonds. The second kappa shape index (κ2) is 13.0. The number of rotatable bonds is 11. The van der Waals surface area contributed by atoms with Crippen LogP contribution in [0.3, 0.4) is 0 Å². The Balaban J connectivity index is 1.89. The number of hydrogen-bond donors (Lipinski definition) is 1. The molecule has 0 saturated carbocycles. The number of benzene rings is 3. The normalized spacial score (nSPS) is 11.5. The van der Waals surface area contributed by atoms with E-state index in [4.69, 9.17) is 27.9 Å². The first-order valence-corrected chi connectivity index (χ1v) is 12.0. The van der Waals surface area contributed by atoms with E-state index in [1.165, 1.54) is 0 Å². The number of ether oxygens (including phenoxy) is 1. The van der Waals surface area contributed by atoms with Crippen LogP contribution < -0.4 is 10.1 Å². The van der Waals surface area contributed by atoms with Crippen molar-refractivity contribution in [3.05, 3.63) is 100 Å². The van der Waals surface area contributed by atoms with Gasteiger partial charge in [-0.2, -0.15) is 0 Å². The minimum atomic E-state index is -0.716. The summed E-state index contributed by atoms with van der Waals surface area (Å²) in [6.07, 6.45) is 1.17. The summed E-state index contributed by atoms with van der Waals surface area (Å²) in [6, 6.07) is 23.1. The lowest BCUT2D eigenvalue weighted by Gasteiger charge is -2.31. The Morgan fingerprint density at radius 3 is 2.26 bits per heavy atom. The average molecular weight is 499 g/mol. The quantitative estimate of drug-likeness (QED) is 0.377. The second-order valence-electron chi connectivity index (χ2n) is 7.86. The molecule has 178 valence electrons. The first-order chi connectivity index (χ1) is 16.5. The Morgan fingerprint density at radius 1 is 0.912 bits per heavy atom. The molecule has 0 fully saturated rings. The van der Waals surface area contributed by atoms with Gasteiger partial charge in [-0.3, -0.25) is 9.59 Å². The van der Waals surface area contributed by atoms with Gasteiger partial charge in [-0.15, -0.1) is 0 Å². The summed E-state index contributed by atoms with van der Waals surface area (Å²) < 4.78 is 5.72. The SMILES string of the molecule is CCCNC(=O)[C@H](Cc1ccccc1)N(Cc1ccc(Cl)cc1)C(=O)COc1ccccc1Cl. The molecule has 0 radical (unpaired) electrons. The number of hydrogen-bond acceptors (Lipinski definition) is 3. The fourth-order valence-electron chi connectivity index (χ4n) is 3.49. The van der Waals surface area contributed by atoms with Crippen molar-refractivity contribution < 1.29 is 14.3 Å². The van der Waals surface area contributed by atoms with Gasteiger partial charge in [0.2, 0.25) is 5.91 Å². The van der Waals surface area contributed by atoms with Crippen LogP contribution in [0.2, 0.25) is 10.0 Å². The molecule has 0 aromatic heterocycles. The Bertz CT molecular complexity index is 1070. The highest BCUT2D eigenvalue weighted by Gasteiger charge is 2.30. The Morgan fingerprint density at radius 2 is 1.59 bits per heavy atom. The van der Waals surface area contributed by atoms with Gasteiger partial charge in [0.25, 0.3) is 5.91 Å². The molecule has 1 N–H and O–H groups in total. The largest absolute Gasteiger partial charge is 0.482 e. The molecule has 3 rings (SSSR count). The van der Waals surface area contributed by atoms with Crippen molar-refractivity contribution in [2.45, 2.75) is 32.4 Å². The van der Waals surface area contributed by atoms with Crippen molar-refractivity contribution in [2.75, 3.05) is 13.2 Å². The van der Waals surface area contributed by atoms with Crippen LogP contribution in [0.25, 0.3) is 0 Å². The van der Waals surface area contributed by atoms with Crippen molar-refractivity contribution in [2.24, 2.45) is 0 Å². The fourth-order valence-corrected chi connectivity index (χ4v) is 3.81. The van der Waals surface area contributed by atoms with Crippen molar-refractivity contribution in [1.29, 1.82) is 0 Å². The molecule has 5 nitrogen and oxygen atoms in total. The highest BCUT2D eigenvalue weighted by Crippen LogP contribution is 2.23. The maximum atomic E-state index is 13.5. The van der Waals surface area contributed by atoms with Crippen LogP contribution >= 0.6 is 23.2 Å². The Hall–Kier alpha value is -3.02. The zero-order chi connectivity index (χ0) is 24.3. The van der Waals surface area contributed by atoms with Crippen LogP contribution in [-0.2, 0) is 22.6 Å². The number of carbonyl (C=O) groups excluding carboxylic acids is 2. The van der Waals surface area contributed by atoms with E-state index < -0.39 is 6.04 Å². The molecule has 0 aliphatic heterocycles. The van der Waals surface area contributed by atoms with Crippen LogP contribution in [0.1, 0.15) is 24.5 Å². The van der Waals surface area contributed by atoms with E-state index in [0.29, 0.717) is 28.8 Å². The van der Waals surface area contributed by atoms with Gasteiger partial charge in [0.05, 0.1) is 5.02 Å². The lowest BCUT2D eigenvalue weighted by Crippen LogP contribution is -2.51. The van der Waals surface area contributed by atoms with Crippen LogP contribution in [0.15, 0.2) is 78.9 Å². The van der Waals surface area contributed by atoms with Crippen molar-refractivity contribution >= 4 is 35.0 Å². The van der Waals surface area contributed by atoms with Gasteiger partial charge < -0.3 is 15.0 Å². The predicted octanol–water partition coefficient (Wildman–Crippen LogP) is 5.54. The van der Waals surface area contributed by atoms with Crippen LogP contribution in [0.4, 0.5) is 0 Å². The fraction of sp³-hybridized carbons (Fsp3) is 0.259. The van der Waals surface area contributed by atoms with Crippen LogP contribution in [-0.4, -0.2) is 35.9 Å². The van der Waals surface area contributed by atoms with Crippen molar-refractivity contribution in [3.8, 4) is 5.75 Å². The monoisotopic (exact) mass is 498 g/mol. The third-order valence-electron chi connectivity index (χ3n) is 5.27. The molecule has 0 spiro atoms. The molecule has 0 heterocycles. The molecule has 0 bridgehead atoms. The summed E-state index contributed by atoms with van der Waals surface area (Å²) in [7, 11) is 0. The van der Waals surface area contributed by atoms with E-state index >= 15 is 0 Å². The molecule has 1 atom stereocenters. The second-order valence-corrected chi connectivity index (χ2v) is 8.71. The molecule has 7 heteroatoms. The highest BCUT2D eigenvalue weighted by molar-refractivity contribution is 6.32. The first-order valence-electron chi connectivity index (χ1n) is 11.2. The average Bonchev–Trinajstić information content (AvgIpc) is 2.85. The lowest BCUT2D eigenvalue weighted by atomic mass is 10.0. The van der Waals surface area contributed by atoms with Gasteiger partial charge in [0, 0.05) is 24.5 Å². The minimum absolute atomic E-state index is 0.203.